The first-order chi connectivity index (χ1) is 23.2. The van der Waals surface area contributed by atoms with E-state index in [1.165, 1.54) is 4.90 Å². The predicted octanol–water partition coefficient (Wildman–Crippen LogP) is 1.10. The van der Waals surface area contributed by atoms with Gasteiger partial charge in [0.25, 0.3) is 5.91 Å². The van der Waals surface area contributed by atoms with Crippen LogP contribution in [0.15, 0.2) is 5.10 Å². The van der Waals surface area contributed by atoms with E-state index in [1.807, 2.05) is 55.4 Å². The van der Waals surface area contributed by atoms with Gasteiger partial charge >= 0.3 is 0 Å². The Morgan fingerprint density at radius 3 is 2.24 bits per heavy atom. The molecule has 1 unspecified atom stereocenters. The number of unbranched alkanes of at least 4 members (excludes halogenated alkanes) is 1. The summed E-state index contributed by atoms with van der Waals surface area (Å²) in [6, 6.07) is -3.69. The highest BCUT2D eigenvalue weighted by molar-refractivity contribution is 6.38. The average Bonchev–Trinajstić information content (AvgIpc) is 3.67. The number of hydrazone groups is 1. The minimum absolute atomic E-state index is 0.0180. The van der Waals surface area contributed by atoms with Crippen LogP contribution in [-0.2, 0) is 28.8 Å². The number of carbonyl (C=O) groups excluding carboxylic acids is 6. The number of carbonyl (C=O) groups is 6. The second-order valence-corrected chi connectivity index (χ2v) is 14.5. The zero-order chi connectivity index (χ0) is 36.4. The van der Waals surface area contributed by atoms with E-state index in [0.29, 0.717) is 51.6 Å². The molecule has 0 aromatic rings. The maximum absolute atomic E-state index is 14.3. The number of nitrogens with zero attached hydrogens (tertiary/aromatic N) is 3. The highest BCUT2D eigenvalue weighted by Crippen LogP contribution is 2.37. The summed E-state index contributed by atoms with van der Waals surface area (Å²) in [6.07, 6.45) is 4.45. The van der Waals surface area contributed by atoms with Crippen LogP contribution < -0.4 is 32.4 Å². The van der Waals surface area contributed by atoms with Crippen molar-refractivity contribution in [2.45, 2.75) is 137 Å². The summed E-state index contributed by atoms with van der Waals surface area (Å²) in [5, 5.41) is 12.5. The zero-order valence-corrected chi connectivity index (χ0v) is 30.6. The maximum atomic E-state index is 14.3. The number of Topliss-reactive ketones (excluding diaryl/α,β-unsaturated/α-hetero) is 1. The lowest BCUT2D eigenvalue weighted by Crippen LogP contribution is -2.61. The van der Waals surface area contributed by atoms with E-state index in [9.17, 15) is 28.8 Å². The molecule has 3 aliphatic heterocycles. The Bertz CT molecular complexity index is 1240. The standard InChI is InChI=1S/C34H59N9O6/c1-9-13-24(30(45)32(47)35-21(7)10-2)42-17-16-23-18-43(29(22(23)8)34(42)49)33(48)28(20(5)6)37-31(46)27(19(3)4)36-26(44)15-12-11-14-25-38-40-41-39-25/h19-24,27-29,40-41H,9-18H2,1-8H3,(H,35,47)(H,36,44)(H,37,46)(H,38,39)/t21-,22+,23+,24?,27+,28+,29+/m1/s1. The molecule has 0 saturated carbocycles. The van der Waals surface area contributed by atoms with Crippen LogP contribution >= 0.6 is 0 Å². The third kappa shape index (κ3) is 10.1. The monoisotopic (exact) mass is 689 g/mol. The van der Waals surface area contributed by atoms with E-state index in [2.05, 4.69) is 37.5 Å². The number of hydrazine groups is 2. The Labute approximate surface area is 290 Å². The minimum atomic E-state index is -0.934. The highest BCUT2D eigenvalue weighted by atomic mass is 16.2. The topological polar surface area (TPSA) is 193 Å². The largest absolute Gasteiger partial charge is 0.347 e. The smallest absolute Gasteiger partial charge is 0.289 e. The molecule has 15 heteroatoms. The van der Waals surface area contributed by atoms with Crippen LogP contribution in [0.25, 0.3) is 0 Å². The summed E-state index contributed by atoms with van der Waals surface area (Å²) in [5.41, 5.74) is 8.13. The molecule has 0 aliphatic carbocycles. The van der Waals surface area contributed by atoms with Gasteiger partial charge in [0.2, 0.25) is 29.4 Å². The lowest BCUT2D eigenvalue weighted by Gasteiger charge is -2.37. The molecule has 5 amide bonds. The SMILES string of the molecule is CCCC(C(=O)C(=O)N[C@H](C)CC)N1CC[C@H]2CN(C(=O)[C@@H](NC(=O)[C@@H](NC(=O)CCCCC3=NNNN3)C(C)C)C(C)C)[C@H](C1=O)[C@H]2C. The van der Waals surface area contributed by atoms with Crippen molar-refractivity contribution in [1.82, 2.24) is 42.2 Å². The molecule has 0 spiro atoms. The van der Waals surface area contributed by atoms with Crippen LogP contribution in [0.1, 0.15) is 107 Å². The van der Waals surface area contributed by atoms with Crippen molar-refractivity contribution in [3.63, 3.8) is 0 Å². The van der Waals surface area contributed by atoms with Gasteiger partial charge in [0.1, 0.15) is 30.0 Å². The molecule has 3 heterocycles. The Balaban J connectivity index is 1.72. The number of nitrogens with one attached hydrogen (secondary N) is 6. The van der Waals surface area contributed by atoms with Gasteiger partial charge in [-0.3, -0.25) is 34.2 Å². The van der Waals surface area contributed by atoms with Crippen LogP contribution in [0, 0.1) is 23.7 Å². The molecule has 276 valence electrons. The second kappa shape index (κ2) is 18.3. The van der Waals surface area contributed by atoms with Crippen LogP contribution in [0.5, 0.6) is 0 Å². The fourth-order valence-electron chi connectivity index (χ4n) is 6.79. The third-order valence-corrected chi connectivity index (χ3v) is 10.0. The summed E-state index contributed by atoms with van der Waals surface area (Å²) < 4.78 is 0. The molecule has 0 aromatic heterocycles. The quantitative estimate of drug-likeness (QED) is 0.0903. The van der Waals surface area contributed by atoms with Crippen molar-refractivity contribution in [2.75, 3.05) is 13.1 Å². The molecule has 15 nitrogen and oxygen atoms in total. The van der Waals surface area contributed by atoms with Gasteiger partial charge in [0, 0.05) is 32.0 Å². The minimum Gasteiger partial charge on any atom is -0.347 e. The summed E-state index contributed by atoms with van der Waals surface area (Å²) in [4.78, 5) is 84.3. The summed E-state index contributed by atoms with van der Waals surface area (Å²) >= 11 is 0. The van der Waals surface area contributed by atoms with Crippen LogP contribution in [0.4, 0.5) is 0 Å². The number of hydrogen-bond acceptors (Lipinski definition) is 10. The first-order valence-corrected chi connectivity index (χ1v) is 18.1. The summed E-state index contributed by atoms with van der Waals surface area (Å²) in [7, 11) is 0. The lowest BCUT2D eigenvalue weighted by atomic mass is 9.91. The Morgan fingerprint density at radius 1 is 0.959 bits per heavy atom. The predicted molar refractivity (Wildman–Crippen MR) is 185 cm³/mol. The molecular formula is C34H59N9O6. The first kappa shape index (κ1) is 39.7. The number of hydrogen-bond donors (Lipinski definition) is 6. The van der Waals surface area contributed by atoms with Crippen molar-refractivity contribution >= 4 is 41.2 Å². The number of amidine groups is 1. The van der Waals surface area contributed by atoms with Gasteiger partial charge in [-0.05, 0) is 62.7 Å². The van der Waals surface area contributed by atoms with Crippen molar-refractivity contribution in [3.8, 4) is 0 Å². The van der Waals surface area contributed by atoms with Gasteiger partial charge in [-0.1, -0.05) is 54.9 Å². The molecule has 2 fully saturated rings. The first-order valence-electron chi connectivity index (χ1n) is 18.1. The van der Waals surface area contributed by atoms with Crippen LogP contribution in [0.2, 0.25) is 0 Å². The van der Waals surface area contributed by atoms with Gasteiger partial charge in [-0.25, -0.2) is 5.53 Å². The Hall–Kier alpha value is -3.75. The van der Waals surface area contributed by atoms with Gasteiger partial charge in [0.15, 0.2) is 0 Å². The molecule has 3 aliphatic rings. The molecule has 6 N–H and O–H groups in total. The van der Waals surface area contributed by atoms with E-state index < -0.39 is 41.8 Å². The molecule has 2 bridgehead atoms. The normalized spacial score (nSPS) is 22.8. The number of ketones is 1. The van der Waals surface area contributed by atoms with Gasteiger partial charge < -0.3 is 25.8 Å². The number of fused-ring (bicyclic) bond motifs is 2. The molecule has 49 heavy (non-hydrogen) atoms. The summed E-state index contributed by atoms with van der Waals surface area (Å²) in [6.45, 7) is 15.6. The fourth-order valence-corrected chi connectivity index (χ4v) is 6.79. The highest BCUT2D eigenvalue weighted by Gasteiger charge is 2.52. The van der Waals surface area contributed by atoms with E-state index in [1.54, 1.807) is 4.90 Å². The molecule has 7 atom stereocenters. The van der Waals surface area contributed by atoms with Crippen molar-refractivity contribution in [1.29, 1.82) is 0 Å². The maximum Gasteiger partial charge on any atom is 0.289 e. The van der Waals surface area contributed by atoms with Gasteiger partial charge in [-0.2, -0.15) is 0 Å². The molecule has 0 radical (unpaired) electrons. The average molecular weight is 690 g/mol. The van der Waals surface area contributed by atoms with Crippen molar-refractivity contribution < 1.29 is 28.8 Å². The molecule has 2 saturated heterocycles. The zero-order valence-electron chi connectivity index (χ0n) is 30.6. The van der Waals surface area contributed by atoms with Crippen LogP contribution in [0.3, 0.4) is 0 Å². The summed E-state index contributed by atoms with van der Waals surface area (Å²) in [5.74, 6) is -2.69. The van der Waals surface area contributed by atoms with Crippen LogP contribution in [-0.4, -0.2) is 94.3 Å². The van der Waals surface area contributed by atoms with E-state index >= 15 is 0 Å². The Kier molecular flexibility index (Phi) is 14.8. The Morgan fingerprint density at radius 2 is 1.65 bits per heavy atom. The van der Waals surface area contributed by atoms with Gasteiger partial charge in [-0.15, -0.1) is 10.6 Å². The number of rotatable bonds is 18. The van der Waals surface area contributed by atoms with E-state index in [0.717, 1.165) is 12.3 Å². The number of amides is 5. The lowest BCUT2D eigenvalue weighted by molar-refractivity contribution is -0.152. The fraction of sp³-hybridized carbons (Fsp3) is 0.794. The van der Waals surface area contributed by atoms with Gasteiger partial charge in [0.05, 0.1) is 0 Å². The third-order valence-electron chi connectivity index (χ3n) is 10.0. The molecule has 3 rings (SSSR count). The van der Waals surface area contributed by atoms with Crippen molar-refractivity contribution in [2.24, 2.45) is 28.8 Å². The number of likely N-dealkylation sites (tertiary alicyclic amines) is 2. The second-order valence-electron chi connectivity index (χ2n) is 14.5. The molecule has 0 aromatic carbocycles. The van der Waals surface area contributed by atoms with Crippen molar-refractivity contribution in [3.05, 3.63) is 0 Å². The molecular weight excluding hydrogens is 630 g/mol. The van der Waals surface area contributed by atoms with E-state index in [4.69, 9.17) is 0 Å². The van der Waals surface area contributed by atoms with E-state index in [-0.39, 0.29) is 53.9 Å².